The highest BCUT2D eigenvalue weighted by molar-refractivity contribution is 7.89. The second kappa shape index (κ2) is 14.0. The van der Waals surface area contributed by atoms with Crippen LogP contribution >= 0.6 is 0 Å². The van der Waals surface area contributed by atoms with E-state index < -0.39 is 10.0 Å². The molecule has 2 saturated heterocycles. The normalized spacial score (nSPS) is 22.8. The van der Waals surface area contributed by atoms with E-state index in [1.165, 1.54) is 5.57 Å². The fourth-order valence-corrected chi connectivity index (χ4v) is 8.24. The average molecular weight is 601 g/mol. The first-order chi connectivity index (χ1) is 20.9. The summed E-state index contributed by atoms with van der Waals surface area (Å²) in [5.41, 5.74) is 5.15. The number of morpholine rings is 1. The summed E-state index contributed by atoms with van der Waals surface area (Å²) in [6.45, 7) is 7.87. The number of carbonyl (C=O) groups excluding carboxylic acids is 1. The van der Waals surface area contributed by atoms with Gasteiger partial charge in [0.25, 0.3) is 0 Å². The minimum atomic E-state index is -3.71. The molecule has 43 heavy (non-hydrogen) atoms. The number of ether oxygens (including phenoxy) is 1. The van der Waals surface area contributed by atoms with E-state index in [1.807, 2.05) is 44.2 Å². The van der Waals surface area contributed by atoms with Gasteiger partial charge in [0.1, 0.15) is 0 Å². The monoisotopic (exact) mass is 600 g/mol. The second-order valence-electron chi connectivity index (χ2n) is 11.5. The van der Waals surface area contributed by atoms with Crippen LogP contribution in [0.1, 0.15) is 52.4 Å². The number of nitrogens with zero attached hydrogens (tertiary/aromatic N) is 2. The molecule has 228 valence electrons. The lowest BCUT2D eigenvalue weighted by Crippen LogP contribution is -2.47. The van der Waals surface area contributed by atoms with Gasteiger partial charge < -0.3 is 9.64 Å². The van der Waals surface area contributed by atoms with Crippen molar-refractivity contribution in [3.63, 3.8) is 0 Å². The van der Waals surface area contributed by atoms with Crippen LogP contribution in [0.2, 0.25) is 0 Å². The quantitative estimate of drug-likeness (QED) is 0.354. The van der Waals surface area contributed by atoms with E-state index in [0.717, 1.165) is 61.2 Å². The van der Waals surface area contributed by atoms with E-state index in [2.05, 4.69) is 47.4 Å². The second-order valence-corrected chi connectivity index (χ2v) is 13.4. The van der Waals surface area contributed by atoms with Crippen molar-refractivity contribution in [1.82, 2.24) is 4.31 Å². The van der Waals surface area contributed by atoms with Crippen molar-refractivity contribution in [1.29, 1.82) is 0 Å². The molecule has 2 aliphatic heterocycles. The summed E-state index contributed by atoms with van der Waals surface area (Å²) >= 11 is 0. The molecule has 7 heteroatoms. The van der Waals surface area contributed by atoms with E-state index in [1.54, 1.807) is 16.4 Å². The van der Waals surface area contributed by atoms with Gasteiger partial charge in [-0.05, 0) is 67.5 Å². The van der Waals surface area contributed by atoms with Gasteiger partial charge in [0.05, 0.1) is 18.1 Å². The molecule has 2 aromatic rings. The molecule has 2 fully saturated rings. The molecule has 0 bridgehead atoms. The topological polar surface area (TPSA) is 66.9 Å². The zero-order chi connectivity index (χ0) is 30.3. The van der Waals surface area contributed by atoms with Gasteiger partial charge in [-0.2, -0.15) is 4.31 Å². The summed E-state index contributed by atoms with van der Waals surface area (Å²) in [7, 11) is -3.71. The summed E-state index contributed by atoms with van der Waals surface area (Å²) < 4.78 is 35.3. The molecule has 2 aromatic carbocycles. The Hall–Kier alpha value is -3.26. The van der Waals surface area contributed by atoms with Gasteiger partial charge in [0, 0.05) is 49.3 Å². The summed E-state index contributed by atoms with van der Waals surface area (Å²) in [4.78, 5) is 15.2. The Morgan fingerprint density at radius 3 is 2.49 bits per heavy atom. The minimum absolute atomic E-state index is 0.163. The van der Waals surface area contributed by atoms with E-state index in [4.69, 9.17) is 4.74 Å². The molecule has 0 amide bonds. The lowest BCUT2D eigenvalue weighted by Gasteiger charge is -2.44. The van der Waals surface area contributed by atoms with Crippen molar-refractivity contribution >= 4 is 21.5 Å². The Kier molecular flexibility index (Phi) is 10.2. The predicted octanol–water partition coefficient (Wildman–Crippen LogP) is 7.11. The highest BCUT2D eigenvalue weighted by Crippen LogP contribution is 2.47. The number of carbonyl (C=O) groups is 1. The molecular weight excluding hydrogens is 556 g/mol. The fourth-order valence-electron chi connectivity index (χ4n) is 6.71. The zero-order valence-corrected chi connectivity index (χ0v) is 26.3. The first-order valence-corrected chi connectivity index (χ1v) is 17.2. The maximum atomic E-state index is 14.0. The van der Waals surface area contributed by atoms with Crippen LogP contribution in [0.25, 0.3) is 11.1 Å². The van der Waals surface area contributed by atoms with Crippen molar-refractivity contribution in [2.45, 2.75) is 57.3 Å². The van der Waals surface area contributed by atoms with Crippen LogP contribution in [0.3, 0.4) is 0 Å². The molecular formula is C36H44N2O4S. The number of benzene rings is 2. The maximum Gasteiger partial charge on any atom is 0.243 e. The fraction of sp³-hybridized carbons (Fsp3) is 0.417. The van der Waals surface area contributed by atoms with Gasteiger partial charge >= 0.3 is 0 Å². The summed E-state index contributed by atoms with van der Waals surface area (Å²) in [6.07, 6.45) is 16.8. The van der Waals surface area contributed by atoms with E-state index in [0.29, 0.717) is 44.0 Å². The molecule has 2 aliphatic carbocycles. The molecule has 0 aromatic heterocycles. The SMILES string of the molecule is CC.O=C1C=C2CCN(S(=O)(=O)c3ccc(-c4ccccc4N4CCOCC4)cc3)CC2(CC2=CC=CCC=C2)CCC1. The largest absolute Gasteiger partial charge is 0.378 e. The number of sulfonamides is 1. The zero-order valence-electron chi connectivity index (χ0n) is 25.5. The molecule has 2 heterocycles. The smallest absolute Gasteiger partial charge is 0.243 e. The van der Waals surface area contributed by atoms with Gasteiger partial charge in [-0.25, -0.2) is 8.42 Å². The van der Waals surface area contributed by atoms with Crippen LogP contribution in [-0.2, 0) is 19.6 Å². The Labute approximate surface area is 257 Å². The lowest BCUT2D eigenvalue weighted by atomic mass is 9.69. The number of ketones is 1. The third-order valence-corrected chi connectivity index (χ3v) is 10.7. The number of hydrogen-bond acceptors (Lipinski definition) is 5. The van der Waals surface area contributed by atoms with Crippen LogP contribution in [-0.4, -0.2) is 57.9 Å². The highest BCUT2D eigenvalue weighted by atomic mass is 32.2. The molecule has 1 atom stereocenters. The van der Waals surface area contributed by atoms with Crippen molar-refractivity contribution in [3.05, 3.63) is 96.1 Å². The van der Waals surface area contributed by atoms with Crippen molar-refractivity contribution < 1.29 is 17.9 Å². The Morgan fingerprint density at radius 1 is 0.930 bits per heavy atom. The molecule has 0 radical (unpaired) electrons. The first kappa shape index (κ1) is 31.2. The van der Waals surface area contributed by atoms with Crippen LogP contribution < -0.4 is 4.90 Å². The van der Waals surface area contributed by atoms with Gasteiger partial charge in [-0.3, -0.25) is 4.79 Å². The van der Waals surface area contributed by atoms with Crippen molar-refractivity contribution in [3.8, 4) is 11.1 Å². The van der Waals surface area contributed by atoms with E-state index in [-0.39, 0.29) is 11.2 Å². The number of rotatable bonds is 6. The third kappa shape index (κ3) is 6.95. The molecule has 0 saturated carbocycles. The highest BCUT2D eigenvalue weighted by Gasteiger charge is 2.44. The number of allylic oxidation sites excluding steroid dienone is 7. The van der Waals surface area contributed by atoms with E-state index in [9.17, 15) is 13.2 Å². The molecule has 0 N–H and O–H groups in total. The molecule has 4 aliphatic rings. The van der Waals surface area contributed by atoms with Crippen LogP contribution in [0, 0.1) is 5.41 Å². The van der Waals surface area contributed by atoms with Crippen LogP contribution in [0.15, 0.2) is 101 Å². The lowest BCUT2D eigenvalue weighted by molar-refractivity contribution is -0.114. The minimum Gasteiger partial charge on any atom is -0.378 e. The summed E-state index contributed by atoms with van der Waals surface area (Å²) in [5, 5.41) is 0. The average Bonchev–Trinajstić information content (AvgIpc) is 3.40. The summed E-state index contributed by atoms with van der Waals surface area (Å²) in [6, 6.07) is 15.6. The van der Waals surface area contributed by atoms with Crippen LogP contribution in [0.5, 0.6) is 0 Å². The Balaban J connectivity index is 0.00000180. The van der Waals surface area contributed by atoms with Crippen molar-refractivity contribution in [2.75, 3.05) is 44.3 Å². The predicted molar refractivity (Wildman–Crippen MR) is 175 cm³/mol. The standard InChI is InChI=1S/C34H38N2O4S.C2H6/c37-30-10-7-18-34(25-27-8-3-1-2-4-9-27)26-36(19-17-29(34)24-30)41(38,39)31-15-13-28(14-16-31)32-11-5-6-12-33(32)35-20-22-40-23-21-35;1-2/h1,3-6,8-9,11-16,24H,2,7,10,17-23,25-26H2;1-2H3. The Morgan fingerprint density at radius 2 is 1.70 bits per heavy atom. The van der Waals surface area contributed by atoms with Crippen LogP contribution in [0.4, 0.5) is 5.69 Å². The first-order valence-electron chi connectivity index (χ1n) is 15.7. The van der Waals surface area contributed by atoms with Crippen molar-refractivity contribution in [2.24, 2.45) is 5.41 Å². The molecule has 1 unspecified atom stereocenters. The number of piperidine rings is 1. The molecule has 0 spiro atoms. The van der Waals surface area contributed by atoms with Gasteiger partial charge in [-0.15, -0.1) is 0 Å². The third-order valence-electron chi connectivity index (χ3n) is 8.86. The molecule has 6 rings (SSSR count). The molecule has 6 nitrogen and oxygen atoms in total. The van der Waals surface area contributed by atoms with E-state index >= 15 is 0 Å². The number of anilines is 1. The number of para-hydroxylation sites is 1. The van der Waals surface area contributed by atoms with Gasteiger partial charge in [-0.1, -0.05) is 80.1 Å². The number of fused-ring (bicyclic) bond motifs is 1. The van der Waals surface area contributed by atoms with Gasteiger partial charge in [0.2, 0.25) is 10.0 Å². The number of hydrogen-bond donors (Lipinski definition) is 0. The maximum absolute atomic E-state index is 14.0. The van der Waals surface area contributed by atoms with Gasteiger partial charge in [0.15, 0.2) is 5.78 Å². The summed E-state index contributed by atoms with van der Waals surface area (Å²) in [5.74, 6) is 0.163. The Bertz CT molecular complexity index is 1510.